The largest absolute Gasteiger partial charge is 0.335 e. The van der Waals surface area contributed by atoms with Gasteiger partial charge in [-0.2, -0.15) is 0 Å². The Bertz CT molecular complexity index is 520. The third-order valence-electron chi connectivity index (χ3n) is 1.99. The number of aromatic nitrogens is 1. The maximum absolute atomic E-state index is 13.3. The molecule has 0 aliphatic heterocycles. The molecule has 0 spiro atoms. The van der Waals surface area contributed by atoms with E-state index < -0.39 is 23.1 Å². The summed E-state index contributed by atoms with van der Waals surface area (Å²) in [4.78, 5) is 3.81. The molecule has 0 atom stereocenters. The first kappa shape index (κ1) is 11.7. The predicted octanol–water partition coefficient (Wildman–Crippen LogP) is 3.90. The summed E-state index contributed by atoms with van der Waals surface area (Å²) in [5.41, 5.74) is -0.457. The lowest BCUT2D eigenvalue weighted by atomic mass is 10.2. The number of nitrogens with one attached hydrogen (secondary N) is 1. The molecule has 1 N–H and O–H groups in total. The number of anilines is 2. The van der Waals surface area contributed by atoms with Gasteiger partial charge in [0.2, 0.25) is 0 Å². The fourth-order valence-electron chi connectivity index (χ4n) is 1.24. The summed E-state index contributed by atoms with van der Waals surface area (Å²) < 4.78 is 39.2. The van der Waals surface area contributed by atoms with Gasteiger partial charge in [-0.1, -0.05) is 11.6 Å². The molecule has 1 aromatic carbocycles. The van der Waals surface area contributed by atoms with Gasteiger partial charge in [0.15, 0.2) is 11.6 Å². The van der Waals surface area contributed by atoms with Crippen LogP contribution in [0.1, 0.15) is 0 Å². The number of benzene rings is 1. The van der Waals surface area contributed by atoms with E-state index >= 15 is 0 Å². The molecule has 88 valence electrons. The van der Waals surface area contributed by atoms with Crippen molar-refractivity contribution in [2.45, 2.75) is 0 Å². The van der Waals surface area contributed by atoms with Crippen LogP contribution in [0.15, 0.2) is 30.5 Å². The van der Waals surface area contributed by atoms with Crippen molar-refractivity contribution < 1.29 is 13.2 Å². The fourth-order valence-corrected chi connectivity index (χ4v) is 1.35. The molecule has 0 saturated heterocycles. The zero-order chi connectivity index (χ0) is 12.4. The second kappa shape index (κ2) is 4.63. The first-order valence-corrected chi connectivity index (χ1v) is 4.97. The lowest BCUT2D eigenvalue weighted by Gasteiger charge is -2.07. The van der Waals surface area contributed by atoms with E-state index in [1.807, 2.05) is 0 Å². The maximum atomic E-state index is 13.3. The Labute approximate surface area is 100 Å². The summed E-state index contributed by atoms with van der Waals surface area (Å²) in [6, 6.07) is 4.13. The van der Waals surface area contributed by atoms with Crippen LogP contribution in [0.3, 0.4) is 0 Å². The van der Waals surface area contributed by atoms with Crippen molar-refractivity contribution in [2.24, 2.45) is 0 Å². The summed E-state index contributed by atoms with van der Waals surface area (Å²) in [7, 11) is 0. The van der Waals surface area contributed by atoms with E-state index in [0.29, 0.717) is 17.2 Å². The topological polar surface area (TPSA) is 24.9 Å². The first-order valence-electron chi connectivity index (χ1n) is 4.59. The highest BCUT2D eigenvalue weighted by Gasteiger charge is 2.11. The van der Waals surface area contributed by atoms with Crippen molar-refractivity contribution in [1.82, 2.24) is 4.98 Å². The lowest BCUT2D eigenvalue weighted by Crippen LogP contribution is -2.00. The average Bonchev–Trinajstić information content (AvgIpc) is 2.26. The Kier molecular flexibility index (Phi) is 3.19. The van der Waals surface area contributed by atoms with Crippen molar-refractivity contribution in [1.29, 1.82) is 0 Å². The minimum Gasteiger partial charge on any atom is -0.335 e. The number of rotatable bonds is 2. The molecule has 0 unspecified atom stereocenters. The minimum atomic E-state index is -1.03. The van der Waals surface area contributed by atoms with Crippen LogP contribution in [0.2, 0.25) is 5.02 Å². The van der Waals surface area contributed by atoms with E-state index in [2.05, 4.69) is 10.3 Å². The number of nitrogens with zero attached hydrogens (tertiary/aromatic N) is 1. The summed E-state index contributed by atoms with van der Waals surface area (Å²) in [6.45, 7) is 0. The van der Waals surface area contributed by atoms with Crippen LogP contribution in [-0.2, 0) is 0 Å². The molecule has 17 heavy (non-hydrogen) atoms. The summed E-state index contributed by atoms with van der Waals surface area (Å²) in [6.07, 6.45) is 1.32. The highest BCUT2D eigenvalue weighted by molar-refractivity contribution is 6.30. The van der Waals surface area contributed by atoms with Crippen LogP contribution < -0.4 is 5.32 Å². The molecule has 1 heterocycles. The zero-order valence-electron chi connectivity index (χ0n) is 8.35. The number of hydrogen-bond acceptors (Lipinski definition) is 2. The number of pyridine rings is 1. The molecule has 0 amide bonds. The van der Waals surface area contributed by atoms with Gasteiger partial charge in [0.1, 0.15) is 17.3 Å². The fraction of sp³-hybridized carbons (Fsp3) is 0. The molecule has 0 bridgehead atoms. The van der Waals surface area contributed by atoms with Gasteiger partial charge in [0.05, 0.1) is 5.02 Å². The van der Waals surface area contributed by atoms with Gasteiger partial charge >= 0.3 is 0 Å². The standard InChI is InChI=1S/C11H6ClF3N2/c12-6-1-2-10(16-5-6)17-11-8(14)3-7(13)4-9(11)15/h1-5H,(H,16,17). The Morgan fingerprint density at radius 3 is 2.24 bits per heavy atom. The molecule has 1 aromatic heterocycles. The van der Waals surface area contributed by atoms with E-state index in [1.165, 1.54) is 18.3 Å². The predicted molar refractivity (Wildman–Crippen MR) is 58.8 cm³/mol. The molecule has 2 nitrogen and oxygen atoms in total. The van der Waals surface area contributed by atoms with Crippen LogP contribution >= 0.6 is 11.6 Å². The van der Waals surface area contributed by atoms with E-state index in [9.17, 15) is 13.2 Å². The molecule has 6 heteroatoms. The Hall–Kier alpha value is -1.75. The smallest absolute Gasteiger partial charge is 0.152 e. The SMILES string of the molecule is Fc1cc(F)c(Nc2ccc(Cl)cn2)c(F)c1. The van der Waals surface area contributed by atoms with Gasteiger partial charge in [-0.3, -0.25) is 0 Å². The van der Waals surface area contributed by atoms with Crippen LogP contribution in [0.4, 0.5) is 24.7 Å². The quantitative estimate of drug-likeness (QED) is 0.884. The normalized spacial score (nSPS) is 10.4. The molecular weight excluding hydrogens is 253 g/mol. The monoisotopic (exact) mass is 258 g/mol. The highest BCUT2D eigenvalue weighted by atomic mass is 35.5. The molecule has 0 aliphatic carbocycles. The molecule has 2 aromatic rings. The second-order valence-electron chi connectivity index (χ2n) is 3.23. The molecular formula is C11H6ClF3N2. The van der Waals surface area contributed by atoms with Crippen LogP contribution in [0, 0.1) is 17.5 Å². The van der Waals surface area contributed by atoms with Crippen molar-refractivity contribution in [3.05, 3.63) is 52.9 Å². The molecule has 0 aliphatic rings. The first-order chi connectivity index (χ1) is 8.06. The van der Waals surface area contributed by atoms with Crippen LogP contribution in [-0.4, -0.2) is 4.98 Å². The van der Waals surface area contributed by atoms with Gasteiger partial charge in [-0.05, 0) is 12.1 Å². The van der Waals surface area contributed by atoms with E-state index in [1.54, 1.807) is 0 Å². The summed E-state index contributed by atoms with van der Waals surface area (Å²) in [5, 5.41) is 2.81. The Morgan fingerprint density at radius 1 is 1.06 bits per heavy atom. The Balaban J connectivity index is 2.33. The lowest BCUT2D eigenvalue weighted by molar-refractivity contribution is 0.549. The molecule has 2 rings (SSSR count). The van der Waals surface area contributed by atoms with Crippen molar-refractivity contribution in [3.63, 3.8) is 0 Å². The van der Waals surface area contributed by atoms with Gasteiger partial charge in [-0.15, -0.1) is 0 Å². The van der Waals surface area contributed by atoms with E-state index in [0.717, 1.165) is 0 Å². The molecule has 0 saturated carbocycles. The van der Waals surface area contributed by atoms with Crippen LogP contribution in [0.5, 0.6) is 0 Å². The number of hydrogen-bond donors (Lipinski definition) is 1. The van der Waals surface area contributed by atoms with Crippen molar-refractivity contribution >= 4 is 23.1 Å². The third-order valence-corrected chi connectivity index (χ3v) is 2.21. The van der Waals surface area contributed by atoms with E-state index in [4.69, 9.17) is 11.6 Å². The van der Waals surface area contributed by atoms with E-state index in [-0.39, 0.29) is 5.82 Å². The zero-order valence-corrected chi connectivity index (χ0v) is 9.10. The van der Waals surface area contributed by atoms with Crippen molar-refractivity contribution in [2.75, 3.05) is 5.32 Å². The van der Waals surface area contributed by atoms with Gasteiger partial charge in [0.25, 0.3) is 0 Å². The summed E-state index contributed by atoms with van der Waals surface area (Å²) >= 11 is 5.61. The third kappa shape index (κ3) is 2.68. The Morgan fingerprint density at radius 2 is 1.71 bits per heavy atom. The van der Waals surface area contributed by atoms with Gasteiger partial charge in [-0.25, -0.2) is 18.2 Å². The maximum Gasteiger partial charge on any atom is 0.152 e. The van der Waals surface area contributed by atoms with Crippen LogP contribution in [0.25, 0.3) is 0 Å². The average molecular weight is 259 g/mol. The highest BCUT2D eigenvalue weighted by Crippen LogP contribution is 2.23. The molecule has 0 radical (unpaired) electrons. The second-order valence-corrected chi connectivity index (χ2v) is 3.67. The minimum absolute atomic E-state index is 0.207. The summed E-state index contributed by atoms with van der Waals surface area (Å²) in [5.74, 6) is -2.83. The molecule has 0 fully saturated rings. The van der Waals surface area contributed by atoms with Gasteiger partial charge < -0.3 is 5.32 Å². The van der Waals surface area contributed by atoms with Crippen molar-refractivity contribution in [3.8, 4) is 0 Å². The number of halogens is 4. The van der Waals surface area contributed by atoms with Gasteiger partial charge in [0, 0.05) is 18.3 Å².